The molecule has 0 aromatic rings. The molecule has 1 fully saturated rings. The first-order valence-electron chi connectivity index (χ1n) is 6.66. The highest BCUT2D eigenvalue weighted by molar-refractivity contribution is 8.04. The van der Waals surface area contributed by atoms with Crippen molar-refractivity contribution in [2.24, 2.45) is 5.92 Å². The average molecular weight is 284 g/mol. The topological polar surface area (TPSA) is 29.1 Å². The van der Waals surface area contributed by atoms with E-state index in [9.17, 15) is 4.79 Å². The SMILES string of the molecule is O=C1NC2C(CCCl)=CSC12C[C@@H]1C=CCCC1. The Morgan fingerprint density at radius 3 is 3.11 bits per heavy atom. The van der Waals surface area contributed by atoms with Crippen molar-refractivity contribution in [2.75, 3.05) is 5.88 Å². The number of halogens is 1. The molecule has 3 aliphatic rings. The predicted octanol–water partition coefficient (Wildman–Crippen LogP) is 3.23. The van der Waals surface area contributed by atoms with Crippen LogP contribution in [0.15, 0.2) is 23.1 Å². The molecule has 2 nitrogen and oxygen atoms in total. The van der Waals surface area contributed by atoms with Crippen LogP contribution in [0.2, 0.25) is 0 Å². The normalized spacial score (nSPS) is 37.8. The molecule has 18 heavy (non-hydrogen) atoms. The minimum absolute atomic E-state index is 0.215. The zero-order valence-corrected chi connectivity index (χ0v) is 11.9. The summed E-state index contributed by atoms with van der Waals surface area (Å²) in [5.74, 6) is 1.43. The fraction of sp³-hybridized carbons (Fsp3) is 0.643. The number of rotatable bonds is 4. The fourth-order valence-electron chi connectivity index (χ4n) is 3.20. The van der Waals surface area contributed by atoms with Gasteiger partial charge in [0.2, 0.25) is 5.91 Å². The Kier molecular flexibility index (Phi) is 3.46. The standard InChI is InChI=1S/C14H18ClNOS/c15-7-6-11-9-18-14(12(11)16-13(14)17)8-10-4-2-1-3-5-10/h2,4,9-10,12H,1,3,5-8H2,(H,16,17)/t10-,12?,14?/m1/s1. The van der Waals surface area contributed by atoms with Gasteiger partial charge in [-0.1, -0.05) is 12.2 Å². The van der Waals surface area contributed by atoms with Crippen molar-refractivity contribution in [1.29, 1.82) is 0 Å². The van der Waals surface area contributed by atoms with Gasteiger partial charge in [-0.15, -0.1) is 23.4 Å². The molecule has 1 saturated heterocycles. The summed E-state index contributed by atoms with van der Waals surface area (Å²) in [6.45, 7) is 0. The number of carbonyl (C=O) groups is 1. The summed E-state index contributed by atoms with van der Waals surface area (Å²) < 4.78 is -0.215. The van der Waals surface area contributed by atoms with Gasteiger partial charge in [-0.25, -0.2) is 0 Å². The Bertz CT molecular complexity index is 420. The monoisotopic (exact) mass is 283 g/mol. The van der Waals surface area contributed by atoms with Crippen LogP contribution in [-0.4, -0.2) is 22.6 Å². The number of fused-ring (bicyclic) bond motifs is 1. The molecule has 0 radical (unpaired) electrons. The number of hydrogen-bond acceptors (Lipinski definition) is 2. The number of nitrogens with one attached hydrogen (secondary N) is 1. The van der Waals surface area contributed by atoms with Gasteiger partial charge in [0.05, 0.1) is 6.04 Å². The fourth-order valence-corrected chi connectivity index (χ4v) is 4.86. The molecular formula is C14H18ClNOS. The second kappa shape index (κ2) is 4.93. The third-order valence-electron chi connectivity index (χ3n) is 4.22. The summed E-state index contributed by atoms with van der Waals surface area (Å²) in [5, 5.41) is 5.22. The minimum atomic E-state index is -0.215. The van der Waals surface area contributed by atoms with E-state index in [2.05, 4.69) is 22.9 Å². The van der Waals surface area contributed by atoms with E-state index >= 15 is 0 Å². The number of amides is 1. The average Bonchev–Trinajstić information content (AvgIpc) is 2.66. The Balaban J connectivity index is 1.72. The number of hydrogen-bond donors (Lipinski definition) is 1. The Morgan fingerprint density at radius 1 is 1.56 bits per heavy atom. The van der Waals surface area contributed by atoms with Crippen molar-refractivity contribution in [1.82, 2.24) is 5.32 Å². The first kappa shape index (κ1) is 12.6. The Morgan fingerprint density at radius 2 is 2.44 bits per heavy atom. The van der Waals surface area contributed by atoms with E-state index in [0.29, 0.717) is 11.8 Å². The molecule has 0 aromatic heterocycles. The Labute approximate surface area is 117 Å². The van der Waals surface area contributed by atoms with Gasteiger partial charge < -0.3 is 5.32 Å². The highest BCUT2D eigenvalue weighted by atomic mass is 35.5. The molecular weight excluding hydrogens is 266 g/mol. The number of carbonyl (C=O) groups excluding carboxylic acids is 1. The Hall–Kier alpha value is -0.410. The van der Waals surface area contributed by atoms with E-state index < -0.39 is 0 Å². The molecule has 2 unspecified atom stereocenters. The summed E-state index contributed by atoms with van der Waals surface area (Å²) >= 11 is 7.54. The number of alkyl halides is 1. The maximum atomic E-state index is 12.0. The van der Waals surface area contributed by atoms with Crippen LogP contribution in [0.25, 0.3) is 0 Å². The molecule has 0 bridgehead atoms. The number of β-lactam (4-membered cyclic amide) rings is 1. The van der Waals surface area contributed by atoms with E-state index in [4.69, 9.17) is 11.6 Å². The second-order valence-corrected chi connectivity index (χ2v) is 6.95. The van der Waals surface area contributed by atoms with Crippen molar-refractivity contribution in [3.05, 3.63) is 23.1 Å². The summed E-state index contributed by atoms with van der Waals surface area (Å²) in [7, 11) is 0. The van der Waals surface area contributed by atoms with Gasteiger partial charge >= 0.3 is 0 Å². The first-order valence-corrected chi connectivity index (χ1v) is 8.08. The van der Waals surface area contributed by atoms with Gasteiger partial charge in [-0.05, 0) is 49.0 Å². The lowest BCUT2D eigenvalue weighted by Gasteiger charge is -2.46. The lowest BCUT2D eigenvalue weighted by Crippen LogP contribution is -2.69. The molecule has 2 aliphatic heterocycles. The van der Waals surface area contributed by atoms with Crippen LogP contribution in [0, 0.1) is 5.92 Å². The van der Waals surface area contributed by atoms with Crippen molar-refractivity contribution < 1.29 is 4.79 Å². The van der Waals surface area contributed by atoms with E-state index in [-0.39, 0.29) is 16.7 Å². The van der Waals surface area contributed by atoms with Crippen molar-refractivity contribution in [3.63, 3.8) is 0 Å². The van der Waals surface area contributed by atoms with Crippen LogP contribution in [0.3, 0.4) is 0 Å². The van der Waals surface area contributed by atoms with Crippen LogP contribution in [0.4, 0.5) is 0 Å². The highest BCUT2D eigenvalue weighted by Gasteiger charge is 2.59. The zero-order chi connectivity index (χ0) is 12.6. The molecule has 0 spiro atoms. The van der Waals surface area contributed by atoms with Crippen LogP contribution < -0.4 is 5.32 Å². The maximum Gasteiger partial charge on any atom is 0.239 e. The van der Waals surface area contributed by atoms with Crippen LogP contribution in [0.1, 0.15) is 32.1 Å². The molecule has 2 heterocycles. The highest BCUT2D eigenvalue weighted by Crippen LogP contribution is 2.51. The largest absolute Gasteiger partial charge is 0.346 e. The molecule has 1 aliphatic carbocycles. The smallest absolute Gasteiger partial charge is 0.239 e. The van der Waals surface area contributed by atoms with E-state index in [1.165, 1.54) is 24.8 Å². The summed E-state index contributed by atoms with van der Waals surface area (Å²) in [6, 6.07) is 0.240. The maximum absolute atomic E-state index is 12.0. The summed E-state index contributed by atoms with van der Waals surface area (Å²) in [4.78, 5) is 12.0. The van der Waals surface area contributed by atoms with Crippen molar-refractivity contribution in [3.8, 4) is 0 Å². The number of thioether (sulfide) groups is 1. The molecule has 1 N–H and O–H groups in total. The molecule has 98 valence electrons. The molecule has 4 heteroatoms. The predicted molar refractivity (Wildman–Crippen MR) is 76.8 cm³/mol. The van der Waals surface area contributed by atoms with E-state index in [0.717, 1.165) is 12.8 Å². The third kappa shape index (κ3) is 1.92. The van der Waals surface area contributed by atoms with Crippen molar-refractivity contribution >= 4 is 29.3 Å². The molecule has 0 aromatic carbocycles. The van der Waals surface area contributed by atoms with Gasteiger partial charge in [0.1, 0.15) is 4.75 Å². The number of allylic oxidation sites excluding steroid dienone is 2. The zero-order valence-electron chi connectivity index (χ0n) is 10.3. The van der Waals surface area contributed by atoms with Crippen LogP contribution >= 0.6 is 23.4 Å². The second-order valence-electron chi connectivity index (χ2n) is 5.37. The van der Waals surface area contributed by atoms with Gasteiger partial charge in [0.15, 0.2) is 0 Å². The minimum Gasteiger partial charge on any atom is -0.346 e. The third-order valence-corrected chi connectivity index (χ3v) is 5.84. The summed E-state index contributed by atoms with van der Waals surface area (Å²) in [5.41, 5.74) is 1.31. The lowest BCUT2D eigenvalue weighted by atomic mass is 9.76. The van der Waals surface area contributed by atoms with Gasteiger partial charge in [0, 0.05) is 5.88 Å². The summed E-state index contributed by atoms with van der Waals surface area (Å²) in [6.07, 6.45) is 10.1. The van der Waals surface area contributed by atoms with Crippen LogP contribution in [0.5, 0.6) is 0 Å². The lowest BCUT2D eigenvalue weighted by molar-refractivity contribution is -0.131. The van der Waals surface area contributed by atoms with Gasteiger partial charge in [0.25, 0.3) is 0 Å². The molecule has 3 atom stereocenters. The first-order chi connectivity index (χ1) is 8.76. The van der Waals surface area contributed by atoms with Gasteiger partial charge in [-0.2, -0.15) is 0 Å². The van der Waals surface area contributed by atoms with Crippen LogP contribution in [-0.2, 0) is 4.79 Å². The van der Waals surface area contributed by atoms with Gasteiger partial charge in [-0.3, -0.25) is 4.79 Å². The molecule has 3 rings (SSSR count). The van der Waals surface area contributed by atoms with Crippen molar-refractivity contribution in [2.45, 2.75) is 42.9 Å². The van der Waals surface area contributed by atoms with E-state index in [1.807, 2.05) is 0 Å². The molecule has 1 amide bonds. The molecule has 0 saturated carbocycles. The quantitative estimate of drug-likeness (QED) is 0.488. The van der Waals surface area contributed by atoms with E-state index in [1.54, 1.807) is 11.8 Å².